The van der Waals surface area contributed by atoms with Gasteiger partial charge >= 0.3 is 5.97 Å². The van der Waals surface area contributed by atoms with Gasteiger partial charge in [-0.1, -0.05) is 33.6 Å². The van der Waals surface area contributed by atoms with Gasteiger partial charge in [-0.25, -0.2) is 4.79 Å². The number of carbonyl (C=O) groups is 1. The number of furan rings is 1. The second-order valence-corrected chi connectivity index (χ2v) is 4.83. The molecule has 2 rings (SSSR count). The zero-order chi connectivity index (χ0) is 13.1. The topological polar surface area (TPSA) is 50.4 Å². The van der Waals surface area contributed by atoms with Crippen molar-refractivity contribution in [2.24, 2.45) is 0 Å². The van der Waals surface area contributed by atoms with E-state index in [0.29, 0.717) is 10.8 Å². The zero-order valence-electron chi connectivity index (χ0n) is 9.06. The molecule has 0 aliphatic rings. The third-order valence-corrected chi connectivity index (χ3v) is 3.00. The summed E-state index contributed by atoms with van der Waals surface area (Å²) in [4.78, 5) is 10.3. The van der Waals surface area contributed by atoms with E-state index in [2.05, 4.69) is 15.9 Å². The highest BCUT2D eigenvalue weighted by molar-refractivity contribution is 9.10. The number of benzene rings is 1. The Balaban J connectivity index is 2.33. The van der Waals surface area contributed by atoms with Crippen molar-refractivity contribution in [2.45, 2.75) is 0 Å². The molecule has 0 saturated heterocycles. The number of hydrogen-bond donors (Lipinski definition) is 1. The maximum Gasteiger partial charge on any atom is 0.328 e. The van der Waals surface area contributed by atoms with Crippen molar-refractivity contribution in [3.05, 3.63) is 52.7 Å². The molecule has 0 bridgehead atoms. The quantitative estimate of drug-likeness (QED) is 0.671. The molecule has 1 N–H and O–H groups in total. The Labute approximate surface area is 116 Å². The Morgan fingerprint density at radius 2 is 2.17 bits per heavy atom. The summed E-state index contributed by atoms with van der Waals surface area (Å²) in [5, 5.41) is 9.73. The molecule has 0 spiro atoms. The van der Waals surface area contributed by atoms with Crippen LogP contribution in [0.25, 0.3) is 16.0 Å². The molecular weight excluding hydrogens is 319 g/mol. The molecule has 0 radical (unpaired) electrons. The molecule has 0 atom stereocenters. The van der Waals surface area contributed by atoms with Gasteiger partial charge in [0.15, 0.2) is 0 Å². The van der Waals surface area contributed by atoms with E-state index in [-0.39, 0.29) is 0 Å². The summed E-state index contributed by atoms with van der Waals surface area (Å²) >= 11 is 9.38. The number of carboxylic acids is 1. The highest BCUT2D eigenvalue weighted by Crippen LogP contribution is 2.28. The van der Waals surface area contributed by atoms with Crippen molar-refractivity contribution in [1.82, 2.24) is 0 Å². The monoisotopic (exact) mass is 326 g/mol. The Morgan fingerprint density at radius 3 is 2.89 bits per heavy atom. The molecule has 2 aromatic rings. The van der Waals surface area contributed by atoms with Crippen molar-refractivity contribution < 1.29 is 14.3 Å². The van der Waals surface area contributed by atoms with Crippen LogP contribution in [0.5, 0.6) is 0 Å². The smallest absolute Gasteiger partial charge is 0.328 e. The number of aliphatic carboxylic acids is 1. The fourth-order valence-corrected chi connectivity index (χ4v) is 1.97. The SMILES string of the molecule is O=C(O)/C=C/C=C(\Cl)c1cc2cc(Br)ccc2o1. The third kappa shape index (κ3) is 3.03. The molecule has 0 saturated carbocycles. The van der Waals surface area contributed by atoms with Gasteiger partial charge in [-0.15, -0.1) is 0 Å². The number of halogens is 2. The highest BCUT2D eigenvalue weighted by atomic mass is 79.9. The first-order valence-corrected chi connectivity index (χ1v) is 6.19. The van der Waals surface area contributed by atoms with Crippen LogP contribution in [-0.2, 0) is 4.79 Å². The summed E-state index contributed by atoms with van der Waals surface area (Å²) in [5.74, 6) is -0.524. The van der Waals surface area contributed by atoms with E-state index in [1.165, 1.54) is 12.2 Å². The summed E-state index contributed by atoms with van der Waals surface area (Å²) in [6, 6.07) is 7.42. The minimum atomic E-state index is -1.02. The molecule has 0 aliphatic heterocycles. The Kier molecular flexibility index (Phi) is 3.89. The van der Waals surface area contributed by atoms with Crippen molar-refractivity contribution >= 4 is 49.5 Å². The number of rotatable bonds is 3. The second-order valence-electron chi connectivity index (χ2n) is 3.50. The van der Waals surface area contributed by atoms with E-state index in [4.69, 9.17) is 21.1 Å². The Bertz CT molecular complexity index is 655. The van der Waals surface area contributed by atoms with E-state index >= 15 is 0 Å². The van der Waals surface area contributed by atoms with Crippen molar-refractivity contribution in [2.75, 3.05) is 0 Å². The molecule has 1 aromatic heterocycles. The largest absolute Gasteiger partial charge is 0.478 e. The minimum Gasteiger partial charge on any atom is -0.478 e. The van der Waals surface area contributed by atoms with Crippen LogP contribution in [0.4, 0.5) is 0 Å². The van der Waals surface area contributed by atoms with Crippen LogP contribution in [0.1, 0.15) is 5.76 Å². The lowest BCUT2D eigenvalue weighted by molar-refractivity contribution is -0.131. The third-order valence-electron chi connectivity index (χ3n) is 2.20. The van der Waals surface area contributed by atoms with Gasteiger partial charge in [0.25, 0.3) is 0 Å². The first kappa shape index (κ1) is 12.9. The molecule has 0 unspecified atom stereocenters. The van der Waals surface area contributed by atoms with Crippen LogP contribution < -0.4 is 0 Å². The van der Waals surface area contributed by atoms with Gasteiger partial charge < -0.3 is 9.52 Å². The van der Waals surface area contributed by atoms with Crippen molar-refractivity contribution in [3.8, 4) is 0 Å². The molecule has 0 aliphatic carbocycles. The molecule has 0 amide bonds. The van der Waals surface area contributed by atoms with Gasteiger partial charge in [-0.2, -0.15) is 0 Å². The molecular formula is C13H8BrClO3. The van der Waals surface area contributed by atoms with Crippen LogP contribution in [0, 0.1) is 0 Å². The molecule has 1 heterocycles. The van der Waals surface area contributed by atoms with Crippen LogP contribution in [0.15, 0.2) is 51.4 Å². The van der Waals surface area contributed by atoms with Crippen molar-refractivity contribution in [1.29, 1.82) is 0 Å². The van der Waals surface area contributed by atoms with E-state index in [1.54, 1.807) is 6.07 Å². The number of hydrogen-bond acceptors (Lipinski definition) is 2. The van der Waals surface area contributed by atoms with Crippen LogP contribution in [0.2, 0.25) is 0 Å². The maximum atomic E-state index is 10.3. The second kappa shape index (κ2) is 5.42. The highest BCUT2D eigenvalue weighted by Gasteiger charge is 2.06. The summed E-state index contributed by atoms with van der Waals surface area (Å²) in [6.45, 7) is 0. The van der Waals surface area contributed by atoms with Gasteiger partial charge in [-0.05, 0) is 30.3 Å². The van der Waals surface area contributed by atoms with E-state index in [1.807, 2.05) is 18.2 Å². The molecule has 0 fully saturated rings. The summed E-state index contributed by atoms with van der Waals surface area (Å²) in [5.41, 5.74) is 0.724. The fourth-order valence-electron chi connectivity index (χ4n) is 1.43. The number of fused-ring (bicyclic) bond motifs is 1. The van der Waals surface area contributed by atoms with Gasteiger partial charge in [0.1, 0.15) is 11.3 Å². The average Bonchev–Trinajstić information content (AvgIpc) is 2.71. The molecule has 5 heteroatoms. The van der Waals surface area contributed by atoms with E-state index in [0.717, 1.165) is 21.5 Å². The molecule has 18 heavy (non-hydrogen) atoms. The first-order valence-electron chi connectivity index (χ1n) is 5.02. The summed E-state index contributed by atoms with van der Waals surface area (Å²) < 4.78 is 6.49. The molecule has 92 valence electrons. The normalized spacial score (nSPS) is 12.4. The summed E-state index contributed by atoms with van der Waals surface area (Å²) in [7, 11) is 0. The lowest BCUT2D eigenvalue weighted by Crippen LogP contribution is -1.84. The zero-order valence-corrected chi connectivity index (χ0v) is 11.4. The van der Waals surface area contributed by atoms with Crippen LogP contribution >= 0.6 is 27.5 Å². The maximum absolute atomic E-state index is 10.3. The number of allylic oxidation sites excluding steroid dienone is 2. The molecule has 1 aromatic carbocycles. The predicted octanol–water partition coefficient (Wildman–Crippen LogP) is 4.42. The van der Waals surface area contributed by atoms with Gasteiger partial charge in [-0.3, -0.25) is 0 Å². The average molecular weight is 328 g/mol. The number of carboxylic acid groups (broad SMARTS) is 1. The van der Waals surface area contributed by atoms with Gasteiger partial charge in [0.2, 0.25) is 0 Å². The van der Waals surface area contributed by atoms with Crippen LogP contribution in [0.3, 0.4) is 0 Å². The standard InChI is InChI=1S/C13H8BrClO3/c14-9-4-5-11-8(6-9)7-12(18-11)10(15)2-1-3-13(16)17/h1-7H,(H,16,17)/b3-1+,10-2-. The Hall–Kier alpha value is -1.52. The summed E-state index contributed by atoms with van der Waals surface area (Å²) in [6.07, 6.45) is 3.83. The van der Waals surface area contributed by atoms with Gasteiger partial charge in [0.05, 0.1) is 5.03 Å². The lowest BCUT2D eigenvalue weighted by Gasteiger charge is -1.90. The van der Waals surface area contributed by atoms with Crippen LogP contribution in [-0.4, -0.2) is 11.1 Å². The van der Waals surface area contributed by atoms with Gasteiger partial charge in [0, 0.05) is 15.9 Å². The van der Waals surface area contributed by atoms with E-state index in [9.17, 15) is 4.79 Å². The minimum absolute atomic E-state index is 0.347. The molecule has 3 nitrogen and oxygen atoms in total. The Morgan fingerprint density at radius 1 is 1.39 bits per heavy atom. The van der Waals surface area contributed by atoms with E-state index < -0.39 is 5.97 Å². The lowest BCUT2D eigenvalue weighted by atomic mass is 10.2. The predicted molar refractivity (Wildman–Crippen MR) is 74.5 cm³/mol. The first-order chi connectivity index (χ1) is 8.56. The van der Waals surface area contributed by atoms with Crippen molar-refractivity contribution in [3.63, 3.8) is 0 Å². The fraction of sp³-hybridized carbons (Fsp3) is 0.